The van der Waals surface area contributed by atoms with Crippen molar-refractivity contribution in [3.63, 3.8) is 0 Å². The van der Waals surface area contributed by atoms with Crippen LogP contribution in [0.2, 0.25) is 0 Å². The van der Waals surface area contributed by atoms with Crippen molar-refractivity contribution < 1.29 is 4.57 Å². The lowest BCUT2D eigenvalue weighted by Gasteiger charge is -2.19. The molecule has 0 N–H and O–H groups in total. The van der Waals surface area contributed by atoms with Crippen molar-refractivity contribution in [1.29, 1.82) is 0 Å². The molecule has 2 heterocycles. The molecule has 0 radical (unpaired) electrons. The molecule has 0 fully saturated rings. The Morgan fingerprint density at radius 2 is 1.60 bits per heavy atom. The molecule has 0 aliphatic carbocycles. The van der Waals surface area contributed by atoms with Gasteiger partial charge in [-0.05, 0) is 51.5 Å². The topological polar surface area (TPSA) is 21.7 Å². The lowest BCUT2D eigenvalue weighted by Crippen LogP contribution is -2.33. The molecule has 30 heavy (non-hydrogen) atoms. The maximum absolute atomic E-state index is 5.15. The third-order valence-electron chi connectivity index (χ3n) is 5.70. The number of hydrogen-bond acceptors (Lipinski definition) is 2. The average molecular weight is 413 g/mol. The van der Waals surface area contributed by atoms with Gasteiger partial charge in [0, 0.05) is 5.56 Å². The van der Waals surface area contributed by atoms with E-state index < -0.39 is 0 Å². The van der Waals surface area contributed by atoms with E-state index in [4.69, 9.17) is 4.98 Å². The second-order valence-electron chi connectivity index (χ2n) is 8.87. The molecule has 0 saturated carbocycles. The van der Waals surface area contributed by atoms with Gasteiger partial charge in [0.25, 0.3) is 5.82 Å². The summed E-state index contributed by atoms with van der Waals surface area (Å²) < 4.78 is 6.01. The zero-order valence-corrected chi connectivity index (χ0v) is 18.9. The molecular weight excluding hydrogens is 386 g/mol. The fourth-order valence-electron chi connectivity index (χ4n) is 4.35. The molecule has 2 aromatic heterocycles. The van der Waals surface area contributed by atoms with Crippen molar-refractivity contribution >= 4 is 32.6 Å². The van der Waals surface area contributed by atoms with Crippen LogP contribution in [0.25, 0.3) is 43.2 Å². The van der Waals surface area contributed by atoms with Gasteiger partial charge in [0.05, 0.1) is 22.8 Å². The number of aryl methyl sites for hydroxylation is 2. The number of thiazole rings is 1. The van der Waals surface area contributed by atoms with Gasteiger partial charge in [-0.1, -0.05) is 48.5 Å². The summed E-state index contributed by atoms with van der Waals surface area (Å²) in [5.74, 6) is 1.21. The number of hydrogen-bond donors (Lipinski definition) is 0. The van der Waals surface area contributed by atoms with Crippen LogP contribution >= 0.6 is 11.3 Å². The number of rotatable bonds is 2. The van der Waals surface area contributed by atoms with Gasteiger partial charge in [-0.15, -0.1) is 11.3 Å². The zero-order valence-electron chi connectivity index (χ0n) is 18.1. The summed E-state index contributed by atoms with van der Waals surface area (Å²) in [5, 5.41) is 1.07. The first-order chi connectivity index (χ1) is 14.4. The molecule has 0 saturated heterocycles. The molecule has 150 valence electrons. The van der Waals surface area contributed by atoms with Crippen molar-refractivity contribution in [2.75, 3.05) is 0 Å². The summed E-state index contributed by atoms with van der Waals surface area (Å²) >= 11 is 1.76. The second-order valence-corrected chi connectivity index (χ2v) is 9.90. The van der Waals surface area contributed by atoms with Gasteiger partial charge in [-0.2, -0.15) is 0 Å². The van der Waals surface area contributed by atoms with E-state index in [1.54, 1.807) is 11.3 Å². The van der Waals surface area contributed by atoms with Crippen LogP contribution in [-0.4, -0.2) is 9.55 Å². The highest BCUT2D eigenvalue weighted by molar-refractivity contribution is 7.21. The normalized spacial score (nSPS) is 12.2. The van der Waals surface area contributed by atoms with Crippen LogP contribution in [0.3, 0.4) is 0 Å². The number of aromatic nitrogens is 3. The van der Waals surface area contributed by atoms with Gasteiger partial charge in [0.15, 0.2) is 11.0 Å². The largest absolute Gasteiger partial charge is 0.292 e. The highest BCUT2D eigenvalue weighted by atomic mass is 32.1. The minimum Gasteiger partial charge on any atom is -0.235 e. The smallest absolute Gasteiger partial charge is 0.235 e. The SMILES string of the molecule is Cc1ccc2sc(-c3ccccc3)nc2c1-c1n(C(C)(C)C)c2ccccc2[n+]1C. The minimum absolute atomic E-state index is 0.0664. The van der Waals surface area contributed by atoms with E-state index in [1.807, 2.05) is 6.07 Å². The summed E-state index contributed by atoms with van der Waals surface area (Å²) in [6.07, 6.45) is 0. The Bertz CT molecular complexity index is 1390. The first-order valence-corrected chi connectivity index (χ1v) is 11.1. The summed E-state index contributed by atoms with van der Waals surface area (Å²) in [6.45, 7) is 9.01. The molecule has 0 unspecified atom stereocenters. The zero-order chi connectivity index (χ0) is 21.0. The molecule has 3 aromatic carbocycles. The summed E-state index contributed by atoms with van der Waals surface area (Å²) in [6, 6.07) is 23.6. The predicted octanol–water partition coefficient (Wildman–Crippen LogP) is 6.47. The van der Waals surface area contributed by atoms with Crippen molar-refractivity contribution in [2.24, 2.45) is 7.05 Å². The van der Waals surface area contributed by atoms with Crippen molar-refractivity contribution in [3.05, 3.63) is 72.3 Å². The Kier molecular flexibility index (Phi) is 4.30. The van der Waals surface area contributed by atoms with Crippen LogP contribution in [0.1, 0.15) is 26.3 Å². The molecule has 0 bridgehead atoms. The summed E-state index contributed by atoms with van der Waals surface area (Å²) in [5.41, 5.74) is 7.14. The molecule has 0 amide bonds. The first kappa shape index (κ1) is 19.0. The van der Waals surface area contributed by atoms with Gasteiger partial charge in [-0.3, -0.25) is 0 Å². The number of benzene rings is 3. The molecule has 5 rings (SSSR count). The van der Waals surface area contributed by atoms with Gasteiger partial charge in [-0.25, -0.2) is 14.1 Å². The third kappa shape index (κ3) is 2.86. The molecule has 5 aromatic rings. The van der Waals surface area contributed by atoms with Gasteiger partial charge < -0.3 is 0 Å². The van der Waals surface area contributed by atoms with E-state index in [0.29, 0.717) is 0 Å². The molecule has 3 nitrogen and oxygen atoms in total. The lowest BCUT2D eigenvalue weighted by molar-refractivity contribution is -0.634. The average Bonchev–Trinajstić information content (AvgIpc) is 3.28. The van der Waals surface area contributed by atoms with Crippen LogP contribution in [0.5, 0.6) is 0 Å². The Morgan fingerprint density at radius 3 is 2.33 bits per heavy atom. The Morgan fingerprint density at radius 1 is 0.900 bits per heavy atom. The van der Waals surface area contributed by atoms with Crippen molar-refractivity contribution in [1.82, 2.24) is 9.55 Å². The minimum atomic E-state index is -0.0664. The van der Waals surface area contributed by atoms with Crippen LogP contribution in [0.4, 0.5) is 0 Å². The highest BCUT2D eigenvalue weighted by Gasteiger charge is 2.34. The van der Waals surface area contributed by atoms with Crippen molar-refractivity contribution in [2.45, 2.75) is 33.2 Å². The summed E-state index contributed by atoms with van der Waals surface area (Å²) in [7, 11) is 2.17. The third-order valence-corrected chi connectivity index (χ3v) is 6.77. The lowest BCUT2D eigenvalue weighted by atomic mass is 10.0. The quantitative estimate of drug-likeness (QED) is 0.304. The van der Waals surface area contributed by atoms with E-state index in [1.165, 1.54) is 38.2 Å². The van der Waals surface area contributed by atoms with Crippen LogP contribution in [0, 0.1) is 6.92 Å². The number of para-hydroxylation sites is 2. The molecule has 0 spiro atoms. The van der Waals surface area contributed by atoms with E-state index in [9.17, 15) is 0 Å². The standard InChI is InChI=1S/C26H26N3S/c1-17-15-16-21-23(27-24(30-21)18-11-7-6-8-12-18)22(17)25-28(5)19-13-9-10-14-20(19)29(25)26(2,3)4/h6-16H,1-5H3/q+1. The molecule has 0 atom stereocenters. The van der Waals surface area contributed by atoms with Gasteiger partial charge in [0.1, 0.15) is 10.5 Å². The number of nitrogens with zero attached hydrogens (tertiary/aromatic N) is 3. The molecule has 0 aliphatic rings. The second kappa shape index (κ2) is 6.78. The van der Waals surface area contributed by atoms with Crippen LogP contribution in [0.15, 0.2) is 66.7 Å². The van der Waals surface area contributed by atoms with Gasteiger partial charge >= 0.3 is 0 Å². The molecule has 4 heteroatoms. The maximum atomic E-state index is 5.15. The Labute approximate surface area is 181 Å². The van der Waals surface area contributed by atoms with Crippen molar-refractivity contribution in [3.8, 4) is 22.0 Å². The molecule has 0 aliphatic heterocycles. The molecular formula is C26H26N3S+. The van der Waals surface area contributed by atoms with E-state index in [0.717, 1.165) is 10.5 Å². The number of fused-ring (bicyclic) bond motifs is 2. The van der Waals surface area contributed by atoms with E-state index in [2.05, 4.69) is 105 Å². The van der Waals surface area contributed by atoms with Crippen LogP contribution in [-0.2, 0) is 12.6 Å². The Hall–Kier alpha value is -2.98. The first-order valence-electron chi connectivity index (χ1n) is 10.3. The van der Waals surface area contributed by atoms with E-state index in [-0.39, 0.29) is 5.54 Å². The van der Waals surface area contributed by atoms with Crippen LogP contribution < -0.4 is 4.57 Å². The maximum Gasteiger partial charge on any atom is 0.292 e. The van der Waals surface area contributed by atoms with Gasteiger partial charge in [0.2, 0.25) is 0 Å². The fraction of sp³-hybridized carbons (Fsp3) is 0.231. The fourth-order valence-corrected chi connectivity index (χ4v) is 5.33. The number of imidazole rings is 1. The van der Waals surface area contributed by atoms with E-state index >= 15 is 0 Å². The summed E-state index contributed by atoms with van der Waals surface area (Å²) in [4.78, 5) is 5.15. The predicted molar refractivity (Wildman–Crippen MR) is 127 cm³/mol. The highest BCUT2D eigenvalue weighted by Crippen LogP contribution is 2.39. The monoisotopic (exact) mass is 412 g/mol. The Balaban J connectivity index is 1.89.